The molecule has 24 heavy (non-hydrogen) atoms. The van der Waals surface area contributed by atoms with Crippen molar-refractivity contribution < 1.29 is 4.79 Å². The topological polar surface area (TPSA) is 80.9 Å². The number of anilines is 1. The van der Waals surface area contributed by atoms with Gasteiger partial charge in [-0.25, -0.2) is 9.97 Å². The molecular weight excluding hydrogens is 300 g/mol. The summed E-state index contributed by atoms with van der Waals surface area (Å²) in [7, 11) is 0. The van der Waals surface area contributed by atoms with Crippen LogP contribution in [0.2, 0.25) is 0 Å². The Hall–Kier alpha value is -3.21. The van der Waals surface area contributed by atoms with Crippen molar-refractivity contribution in [1.29, 1.82) is 0 Å². The number of hydrogen-bond acceptors (Lipinski definition) is 4. The molecule has 5 heteroatoms. The van der Waals surface area contributed by atoms with Gasteiger partial charge in [0, 0.05) is 23.7 Å². The van der Waals surface area contributed by atoms with Crippen LogP contribution < -0.4 is 11.1 Å². The van der Waals surface area contributed by atoms with E-state index in [2.05, 4.69) is 15.3 Å². The van der Waals surface area contributed by atoms with Gasteiger partial charge in [0.25, 0.3) is 0 Å². The summed E-state index contributed by atoms with van der Waals surface area (Å²) < 4.78 is 0. The molecular formula is C19H18N4O. The van der Waals surface area contributed by atoms with E-state index in [1.54, 1.807) is 12.1 Å². The third-order valence-corrected chi connectivity index (χ3v) is 3.62. The molecule has 2 aromatic carbocycles. The highest BCUT2D eigenvalue weighted by molar-refractivity contribution is 5.92. The van der Waals surface area contributed by atoms with Crippen LogP contribution in [0.5, 0.6) is 0 Å². The number of nitrogens with zero attached hydrogens (tertiary/aromatic N) is 2. The molecule has 5 nitrogen and oxygen atoms in total. The molecule has 3 aromatic rings. The predicted octanol–water partition coefficient (Wildman–Crippen LogP) is 3.16. The summed E-state index contributed by atoms with van der Waals surface area (Å²) >= 11 is 0. The first-order chi connectivity index (χ1) is 11.6. The number of carbonyl (C=O) groups is 1. The number of amides is 1. The zero-order valence-corrected chi connectivity index (χ0v) is 13.4. The van der Waals surface area contributed by atoms with Gasteiger partial charge in [-0.3, -0.25) is 4.79 Å². The van der Waals surface area contributed by atoms with Gasteiger partial charge in [0.1, 0.15) is 11.6 Å². The maximum Gasteiger partial charge on any atom is 0.248 e. The number of hydrogen-bond donors (Lipinski definition) is 2. The van der Waals surface area contributed by atoms with Crippen molar-refractivity contribution in [2.24, 2.45) is 5.73 Å². The molecule has 0 saturated carbocycles. The first-order valence-electron chi connectivity index (χ1n) is 7.65. The molecule has 0 unspecified atom stereocenters. The number of nitrogens with one attached hydrogen (secondary N) is 1. The maximum atomic E-state index is 11.1. The normalized spacial score (nSPS) is 10.4. The Morgan fingerprint density at radius 1 is 1.04 bits per heavy atom. The summed E-state index contributed by atoms with van der Waals surface area (Å²) in [6.07, 6.45) is 0. The lowest BCUT2D eigenvalue weighted by molar-refractivity contribution is 0.100. The van der Waals surface area contributed by atoms with Gasteiger partial charge in [-0.05, 0) is 24.6 Å². The minimum atomic E-state index is -0.423. The number of rotatable bonds is 5. The molecule has 3 N–H and O–H groups in total. The van der Waals surface area contributed by atoms with E-state index in [1.165, 1.54) is 0 Å². The van der Waals surface area contributed by atoms with E-state index in [9.17, 15) is 4.79 Å². The van der Waals surface area contributed by atoms with Gasteiger partial charge in [-0.15, -0.1) is 0 Å². The molecule has 0 fully saturated rings. The Morgan fingerprint density at radius 2 is 1.75 bits per heavy atom. The lowest BCUT2D eigenvalue weighted by Gasteiger charge is -2.09. The van der Waals surface area contributed by atoms with E-state index < -0.39 is 5.91 Å². The quantitative estimate of drug-likeness (QED) is 0.757. The predicted molar refractivity (Wildman–Crippen MR) is 94.5 cm³/mol. The second kappa shape index (κ2) is 6.91. The Balaban J connectivity index is 1.75. The van der Waals surface area contributed by atoms with Crippen LogP contribution in [-0.2, 0) is 6.54 Å². The summed E-state index contributed by atoms with van der Waals surface area (Å²) in [6, 6.07) is 19.1. The number of benzene rings is 2. The van der Waals surface area contributed by atoms with E-state index in [1.807, 2.05) is 55.5 Å². The molecule has 1 heterocycles. The van der Waals surface area contributed by atoms with E-state index in [-0.39, 0.29) is 0 Å². The molecule has 0 aliphatic heterocycles. The molecule has 1 aromatic heterocycles. The monoisotopic (exact) mass is 318 g/mol. The van der Waals surface area contributed by atoms with Crippen LogP contribution in [0.25, 0.3) is 11.3 Å². The van der Waals surface area contributed by atoms with Crippen LogP contribution >= 0.6 is 0 Å². The van der Waals surface area contributed by atoms with Crippen molar-refractivity contribution in [3.8, 4) is 11.3 Å². The highest BCUT2D eigenvalue weighted by atomic mass is 16.1. The third-order valence-electron chi connectivity index (χ3n) is 3.62. The second-order valence-electron chi connectivity index (χ2n) is 5.47. The van der Waals surface area contributed by atoms with Crippen molar-refractivity contribution >= 4 is 11.7 Å². The van der Waals surface area contributed by atoms with Crippen molar-refractivity contribution in [2.45, 2.75) is 13.5 Å². The Kier molecular flexibility index (Phi) is 4.52. The largest absolute Gasteiger partial charge is 0.366 e. The van der Waals surface area contributed by atoms with Crippen molar-refractivity contribution in [2.75, 3.05) is 5.32 Å². The van der Waals surface area contributed by atoms with Crippen LogP contribution in [0.1, 0.15) is 21.7 Å². The number of carbonyl (C=O) groups excluding carboxylic acids is 1. The molecule has 0 saturated heterocycles. The number of primary amides is 1. The maximum absolute atomic E-state index is 11.1. The average molecular weight is 318 g/mol. The fourth-order valence-corrected chi connectivity index (χ4v) is 2.39. The third kappa shape index (κ3) is 3.76. The molecule has 1 amide bonds. The van der Waals surface area contributed by atoms with Gasteiger partial charge in [-0.1, -0.05) is 42.5 Å². The minimum absolute atomic E-state index is 0.423. The summed E-state index contributed by atoms with van der Waals surface area (Å²) in [5.74, 6) is 1.05. The molecule has 0 aliphatic carbocycles. The Bertz CT molecular complexity index is 845. The zero-order valence-electron chi connectivity index (χ0n) is 13.4. The SMILES string of the molecule is Cc1nc(NCc2ccc(C(N)=O)cc2)cc(-c2ccccc2)n1. The number of aryl methyl sites for hydroxylation is 1. The molecule has 0 spiro atoms. The minimum Gasteiger partial charge on any atom is -0.366 e. The molecule has 0 atom stereocenters. The van der Waals surface area contributed by atoms with E-state index in [0.717, 1.165) is 22.6 Å². The summed E-state index contributed by atoms with van der Waals surface area (Å²) in [5, 5.41) is 3.29. The smallest absolute Gasteiger partial charge is 0.248 e. The van der Waals surface area contributed by atoms with Crippen molar-refractivity contribution in [3.05, 3.63) is 77.6 Å². The average Bonchev–Trinajstić information content (AvgIpc) is 2.60. The second-order valence-corrected chi connectivity index (χ2v) is 5.47. The van der Waals surface area contributed by atoms with E-state index >= 15 is 0 Å². The van der Waals surface area contributed by atoms with Crippen LogP contribution in [0.15, 0.2) is 60.7 Å². The molecule has 0 radical (unpaired) electrons. The molecule has 120 valence electrons. The lowest BCUT2D eigenvalue weighted by atomic mass is 10.1. The lowest BCUT2D eigenvalue weighted by Crippen LogP contribution is -2.11. The summed E-state index contributed by atoms with van der Waals surface area (Å²) in [6.45, 7) is 2.48. The summed E-state index contributed by atoms with van der Waals surface area (Å²) in [4.78, 5) is 20.0. The summed E-state index contributed by atoms with van der Waals surface area (Å²) in [5.41, 5.74) is 8.72. The van der Waals surface area contributed by atoms with Crippen LogP contribution in [0, 0.1) is 6.92 Å². The molecule has 0 aliphatic rings. The number of nitrogens with two attached hydrogens (primary N) is 1. The van der Waals surface area contributed by atoms with Crippen molar-refractivity contribution in [3.63, 3.8) is 0 Å². The highest BCUT2D eigenvalue weighted by Crippen LogP contribution is 2.19. The fraction of sp³-hybridized carbons (Fsp3) is 0.105. The van der Waals surface area contributed by atoms with Gasteiger partial charge in [-0.2, -0.15) is 0 Å². The van der Waals surface area contributed by atoms with E-state index in [4.69, 9.17) is 5.73 Å². The van der Waals surface area contributed by atoms with E-state index in [0.29, 0.717) is 17.9 Å². The first kappa shape index (κ1) is 15.7. The van der Waals surface area contributed by atoms with Gasteiger partial charge in [0.05, 0.1) is 5.69 Å². The Morgan fingerprint density at radius 3 is 2.42 bits per heavy atom. The first-order valence-corrected chi connectivity index (χ1v) is 7.65. The van der Waals surface area contributed by atoms with Crippen LogP contribution in [0.4, 0.5) is 5.82 Å². The van der Waals surface area contributed by atoms with Gasteiger partial charge >= 0.3 is 0 Å². The number of aromatic nitrogens is 2. The van der Waals surface area contributed by atoms with Gasteiger partial charge in [0.2, 0.25) is 5.91 Å². The zero-order chi connectivity index (χ0) is 16.9. The standard InChI is InChI=1S/C19H18N4O/c1-13-22-17(15-5-3-2-4-6-15)11-18(23-13)21-12-14-7-9-16(10-8-14)19(20)24/h2-11H,12H2,1H3,(H2,20,24)(H,21,22,23). The van der Waals surface area contributed by atoms with Gasteiger partial charge in [0.15, 0.2) is 0 Å². The highest BCUT2D eigenvalue weighted by Gasteiger charge is 2.05. The van der Waals surface area contributed by atoms with Gasteiger partial charge < -0.3 is 11.1 Å². The molecule has 3 rings (SSSR count). The van der Waals surface area contributed by atoms with Crippen molar-refractivity contribution in [1.82, 2.24) is 9.97 Å². The fourth-order valence-electron chi connectivity index (χ4n) is 2.39. The van der Waals surface area contributed by atoms with Crippen LogP contribution in [-0.4, -0.2) is 15.9 Å². The molecule has 0 bridgehead atoms. The van der Waals surface area contributed by atoms with Crippen LogP contribution in [0.3, 0.4) is 0 Å². The Labute approximate surface area is 140 Å².